The van der Waals surface area contributed by atoms with Crippen LogP contribution in [0.25, 0.3) is 22.3 Å². The second-order valence-corrected chi connectivity index (χ2v) is 20.9. The Bertz CT molecular complexity index is 2580. The molecule has 0 bridgehead atoms. The molecule has 2 saturated heterocycles. The Morgan fingerprint density at radius 1 is 0.727 bits per heavy atom. The Kier molecular flexibility index (Phi) is 13.0. The first kappa shape index (κ1) is 46.5. The van der Waals surface area contributed by atoms with Crippen molar-refractivity contribution in [3.05, 3.63) is 37.2 Å². The van der Waals surface area contributed by atoms with Gasteiger partial charge in [0.05, 0.1) is 30.1 Å². The van der Waals surface area contributed by atoms with Crippen LogP contribution in [0.2, 0.25) is 0 Å². The number of nitrogens with zero attached hydrogens (tertiary/aromatic N) is 8. The van der Waals surface area contributed by atoms with Crippen molar-refractivity contribution in [2.24, 2.45) is 10.8 Å². The van der Waals surface area contributed by atoms with Gasteiger partial charge >= 0.3 is 27.4 Å². The topological polar surface area (TPSA) is 291 Å². The van der Waals surface area contributed by atoms with Crippen LogP contribution in [0, 0.1) is 10.8 Å². The molecule has 358 valence electrons. The number of hydrogen-bond acceptors (Lipinski definition) is 21. The van der Waals surface area contributed by atoms with Crippen LogP contribution in [-0.2, 0) is 60.3 Å². The third-order valence-electron chi connectivity index (χ3n) is 12.9. The van der Waals surface area contributed by atoms with Gasteiger partial charge in [-0.2, -0.15) is 0 Å². The normalized spacial score (nSPS) is 33.9. The molecular formula is C39H50F2N10O13P2. The summed E-state index contributed by atoms with van der Waals surface area (Å²) in [4.78, 5) is 51.1. The lowest BCUT2D eigenvalue weighted by atomic mass is 9.76. The van der Waals surface area contributed by atoms with Crippen LogP contribution in [0.4, 0.5) is 20.4 Å². The molecule has 0 aromatic carbocycles. The molecule has 23 nitrogen and oxygen atoms in total. The summed E-state index contributed by atoms with van der Waals surface area (Å²) >= 11 is 0. The van der Waals surface area contributed by atoms with Crippen LogP contribution < -0.4 is 11.5 Å². The van der Waals surface area contributed by atoms with E-state index in [0.29, 0.717) is 25.7 Å². The molecule has 10 atom stereocenters. The average molecular weight is 967 g/mol. The molecular weight excluding hydrogens is 916 g/mol. The second-order valence-electron chi connectivity index (χ2n) is 17.5. The molecule has 4 aromatic rings. The van der Waals surface area contributed by atoms with E-state index < -0.39 is 108 Å². The summed E-state index contributed by atoms with van der Waals surface area (Å²) in [5, 5.41) is 0. The molecule has 5 aliphatic rings. The predicted octanol–water partition coefficient (Wildman–Crippen LogP) is 5.89. The first-order chi connectivity index (χ1) is 31.6. The van der Waals surface area contributed by atoms with Gasteiger partial charge in [0.2, 0.25) is 13.6 Å². The highest BCUT2D eigenvalue weighted by Crippen LogP contribution is 2.58. The largest absolute Gasteiger partial charge is 0.478 e. The molecule has 4 fully saturated rings. The van der Waals surface area contributed by atoms with Gasteiger partial charge in [-0.25, -0.2) is 47.8 Å². The van der Waals surface area contributed by atoms with E-state index >= 15 is 8.78 Å². The van der Waals surface area contributed by atoms with Gasteiger partial charge in [-0.05, 0) is 45.6 Å². The summed E-state index contributed by atoms with van der Waals surface area (Å²) in [6, 6.07) is 0. The second kappa shape index (κ2) is 18.5. The number of carbonyl (C=O) groups is 2. The maximum absolute atomic E-state index is 17.1. The van der Waals surface area contributed by atoms with Crippen LogP contribution in [0.5, 0.6) is 0 Å². The van der Waals surface area contributed by atoms with Gasteiger partial charge in [0.1, 0.15) is 48.1 Å². The molecule has 3 aliphatic heterocycles. The fourth-order valence-corrected chi connectivity index (χ4v) is 11.7. The number of phosphoric ester groups is 1. The van der Waals surface area contributed by atoms with Crippen LogP contribution in [0.3, 0.4) is 0 Å². The van der Waals surface area contributed by atoms with Crippen molar-refractivity contribution in [1.82, 2.24) is 39.0 Å². The van der Waals surface area contributed by atoms with E-state index in [2.05, 4.69) is 29.9 Å². The van der Waals surface area contributed by atoms with Crippen molar-refractivity contribution in [3.63, 3.8) is 0 Å². The summed E-state index contributed by atoms with van der Waals surface area (Å²) < 4.78 is 118. The van der Waals surface area contributed by atoms with E-state index in [4.69, 9.17) is 53.0 Å². The number of carbonyl (C=O) groups excluding carboxylic acids is 2. The van der Waals surface area contributed by atoms with E-state index in [1.807, 2.05) is 0 Å². The molecule has 4 aromatic heterocycles. The van der Waals surface area contributed by atoms with Crippen molar-refractivity contribution in [3.8, 4) is 0 Å². The summed E-state index contributed by atoms with van der Waals surface area (Å²) in [5.74, 6) is -0.366. The number of fused-ring (bicyclic) bond motifs is 4. The van der Waals surface area contributed by atoms with Crippen molar-refractivity contribution >= 4 is 61.3 Å². The first-order valence-electron chi connectivity index (χ1n) is 21.6. The predicted molar refractivity (Wildman–Crippen MR) is 224 cm³/mol. The van der Waals surface area contributed by atoms with Gasteiger partial charge in [-0.3, -0.25) is 41.4 Å². The van der Waals surface area contributed by atoms with Crippen LogP contribution in [0.15, 0.2) is 37.2 Å². The number of hydrogen-bond donors (Lipinski definition) is 2. The van der Waals surface area contributed by atoms with Crippen LogP contribution in [0.1, 0.15) is 90.5 Å². The molecule has 0 spiro atoms. The molecule has 7 heterocycles. The monoisotopic (exact) mass is 966 g/mol. The number of alkyl halides is 2. The molecule has 2 aliphatic carbocycles. The number of nitrogens with two attached hydrogens (primary N) is 2. The minimum atomic E-state index is -5.10. The zero-order chi connectivity index (χ0) is 46.4. The highest BCUT2D eigenvalue weighted by molar-refractivity contribution is 7.57. The van der Waals surface area contributed by atoms with Crippen molar-refractivity contribution in [1.29, 1.82) is 0 Å². The van der Waals surface area contributed by atoms with Crippen molar-refractivity contribution in [2.75, 3.05) is 31.7 Å². The Labute approximate surface area is 375 Å². The summed E-state index contributed by atoms with van der Waals surface area (Å²) in [6.07, 6.45) is -1.58. The first-order valence-corrected chi connectivity index (χ1v) is 24.7. The Balaban J connectivity index is 1.06. The fraction of sp³-hybridized carbons (Fsp3) is 0.641. The van der Waals surface area contributed by atoms with E-state index in [1.54, 1.807) is 13.8 Å². The smallest absolute Gasteiger partial charge is 0.438 e. The van der Waals surface area contributed by atoms with Gasteiger partial charge in [-0.15, -0.1) is 0 Å². The third-order valence-corrected chi connectivity index (χ3v) is 15.8. The number of phosphoric acid groups is 1. The van der Waals surface area contributed by atoms with E-state index in [0.717, 1.165) is 63.1 Å². The number of halogens is 2. The molecule has 0 radical (unpaired) electrons. The van der Waals surface area contributed by atoms with Gasteiger partial charge in [-0.1, -0.05) is 38.5 Å². The van der Waals surface area contributed by atoms with Crippen LogP contribution in [-0.4, -0.2) is 108 Å². The average Bonchev–Trinajstić information content (AvgIpc) is 4.07. The zero-order valence-electron chi connectivity index (χ0n) is 36.0. The molecule has 2 unspecified atom stereocenters. The molecule has 4 N–H and O–H groups in total. The minimum absolute atomic E-state index is 0.00822. The minimum Gasteiger partial charge on any atom is -0.438 e. The Morgan fingerprint density at radius 2 is 1.24 bits per heavy atom. The zero-order valence-corrected chi connectivity index (χ0v) is 37.8. The standard InChI is InChI=1S/C39H50F2N10O13P2/c1-38(10-5-3-6-11-38)36(52)56-20-59-65(54)14-9-22-28(24(40)34(61-22)50-18-48-26-30(42)44-16-46-32(26)50)64-66(55,60-21-57-37(53)39(2)12-7-4-8-13-39)58-15-23-29(63-65)25(41)35(62-23)51-19-49-27-31(43)45-17-47-33(27)51/h9,14,16-19,22-25,28-29,34-35H,3-8,10-13,15,20-21H2,1-2H3,(H2,42,44,46)(H2,43,45,47)/b14-9+/t22-,23-,24-,25-,28-,29-,34-,35-,65?,66?/m1/s1. The number of ether oxygens (including phenoxy) is 4. The summed E-state index contributed by atoms with van der Waals surface area (Å²) in [7, 11) is -9.90. The number of esters is 2. The Morgan fingerprint density at radius 3 is 1.80 bits per heavy atom. The fourth-order valence-electron chi connectivity index (χ4n) is 9.04. The van der Waals surface area contributed by atoms with Crippen molar-refractivity contribution in [2.45, 2.75) is 127 Å². The van der Waals surface area contributed by atoms with Crippen molar-refractivity contribution < 1.29 is 69.1 Å². The molecule has 9 rings (SSSR count). The lowest BCUT2D eigenvalue weighted by molar-refractivity contribution is -0.165. The quantitative estimate of drug-likeness (QED) is 0.106. The van der Waals surface area contributed by atoms with E-state index in [1.165, 1.54) is 21.8 Å². The van der Waals surface area contributed by atoms with Gasteiger partial charge in [0.15, 0.2) is 47.7 Å². The maximum Gasteiger partial charge on any atom is 0.478 e. The number of aromatic nitrogens is 8. The summed E-state index contributed by atoms with van der Waals surface area (Å²) in [6.45, 7) is 0.797. The lowest BCUT2D eigenvalue weighted by Crippen LogP contribution is -2.36. The van der Waals surface area contributed by atoms with Gasteiger partial charge < -0.3 is 30.4 Å². The number of rotatable bonds is 10. The van der Waals surface area contributed by atoms with Gasteiger partial charge in [0, 0.05) is 5.82 Å². The van der Waals surface area contributed by atoms with E-state index in [-0.39, 0.29) is 34.0 Å². The maximum atomic E-state index is 17.1. The molecule has 2 saturated carbocycles. The molecule has 0 amide bonds. The van der Waals surface area contributed by atoms with Gasteiger partial charge in [0.25, 0.3) is 0 Å². The molecule has 66 heavy (non-hydrogen) atoms. The number of imidazole rings is 2. The van der Waals surface area contributed by atoms with E-state index in [9.17, 15) is 18.7 Å². The number of anilines is 2. The van der Waals surface area contributed by atoms with Crippen LogP contribution >= 0.6 is 15.4 Å². The summed E-state index contributed by atoms with van der Waals surface area (Å²) in [5.41, 5.74) is 10.7. The third kappa shape index (κ3) is 9.08. The SMILES string of the molecule is CC1(C(=O)OCOP2(=O)/C=C/[C@H]3O[C@@H](n4cnc5c(N)ncnc54)[C@H](F)[C@@H]3OP(=O)(OCOC(=O)C3(C)CCCCC3)OC[C@H]3O[C@@H](n4cnc5c(N)ncnc54)[C@H](F)[C@@H]3O2)CCCCC1. The highest BCUT2D eigenvalue weighted by atomic mass is 31.2. The molecule has 27 heteroatoms. The number of nitrogen functional groups attached to an aromatic ring is 2. The Hall–Kier alpha value is -4.58. The lowest BCUT2D eigenvalue weighted by Gasteiger charge is -2.31. The highest BCUT2D eigenvalue weighted by Gasteiger charge is 2.55.